The lowest BCUT2D eigenvalue weighted by molar-refractivity contribution is -0.128. The van der Waals surface area contributed by atoms with Crippen molar-refractivity contribution in [2.45, 2.75) is 72.4 Å². The zero-order valence-corrected chi connectivity index (χ0v) is 18.5. The molecule has 160 valence electrons. The minimum absolute atomic E-state index is 0.279. The number of nitrogens with one attached hydrogen (secondary N) is 2. The Kier molecular flexibility index (Phi) is 7.57. The third-order valence-corrected chi connectivity index (χ3v) is 6.22. The lowest BCUT2D eigenvalue weighted by atomic mass is 9.64. The average Bonchev–Trinajstić information content (AvgIpc) is 3.07. The standard InChI is InChI=1S/C24H38N4O/c1-4-25-23(27-18-24(12-6-13-24)15-19(2)3)26-16-20-8-10-21(11-9-20)17-28-14-5-7-22(28)29/h8-11,19H,4-7,12-18H2,1-3H3,(H2,25,26,27). The topological polar surface area (TPSA) is 56.7 Å². The van der Waals surface area contributed by atoms with Crippen molar-refractivity contribution in [3.05, 3.63) is 35.4 Å². The second-order valence-electron chi connectivity index (χ2n) is 9.24. The highest BCUT2D eigenvalue weighted by atomic mass is 16.2. The molecule has 1 saturated heterocycles. The summed E-state index contributed by atoms with van der Waals surface area (Å²) in [5.74, 6) is 1.93. The highest BCUT2D eigenvalue weighted by Crippen LogP contribution is 2.45. The average molecular weight is 399 g/mol. The van der Waals surface area contributed by atoms with E-state index in [1.807, 2.05) is 4.90 Å². The fraction of sp³-hybridized carbons (Fsp3) is 0.667. The molecule has 1 aliphatic carbocycles. The molecule has 0 aromatic heterocycles. The first-order valence-electron chi connectivity index (χ1n) is 11.4. The second kappa shape index (κ2) is 10.1. The van der Waals surface area contributed by atoms with Gasteiger partial charge in [-0.25, -0.2) is 4.99 Å². The predicted octanol–water partition coefficient (Wildman–Crippen LogP) is 4.08. The predicted molar refractivity (Wildman–Crippen MR) is 120 cm³/mol. The first-order chi connectivity index (χ1) is 14.0. The lowest BCUT2D eigenvalue weighted by Gasteiger charge is -2.43. The van der Waals surface area contributed by atoms with Crippen LogP contribution in [0.3, 0.4) is 0 Å². The summed E-state index contributed by atoms with van der Waals surface area (Å²) in [4.78, 5) is 18.5. The molecule has 2 fully saturated rings. The van der Waals surface area contributed by atoms with Crippen molar-refractivity contribution in [1.29, 1.82) is 0 Å². The van der Waals surface area contributed by atoms with Crippen LogP contribution in [0.25, 0.3) is 0 Å². The Labute approximate surface area is 176 Å². The molecular weight excluding hydrogens is 360 g/mol. The third-order valence-electron chi connectivity index (χ3n) is 6.22. The number of benzene rings is 1. The number of carbonyl (C=O) groups is 1. The van der Waals surface area contributed by atoms with Crippen molar-refractivity contribution in [2.75, 3.05) is 19.6 Å². The molecule has 1 aromatic carbocycles. The van der Waals surface area contributed by atoms with Crippen LogP contribution in [0, 0.1) is 11.3 Å². The molecule has 0 bridgehead atoms. The molecule has 2 N–H and O–H groups in total. The van der Waals surface area contributed by atoms with E-state index in [0.29, 0.717) is 18.4 Å². The first kappa shape index (κ1) is 21.7. The molecule has 1 amide bonds. The number of nitrogens with zero attached hydrogens (tertiary/aromatic N) is 2. The summed E-state index contributed by atoms with van der Waals surface area (Å²) < 4.78 is 0. The number of carbonyl (C=O) groups excluding carboxylic acids is 1. The van der Waals surface area contributed by atoms with Crippen LogP contribution in [0.4, 0.5) is 0 Å². The van der Waals surface area contributed by atoms with E-state index < -0.39 is 0 Å². The van der Waals surface area contributed by atoms with Gasteiger partial charge in [-0.2, -0.15) is 0 Å². The molecule has 1 saturated carbocycles. The van der Waals surface area contributed by atoms with Crippen LogP contribution in [-0.4, -0.2) is 36.4 Å². The molecule has 0 unspecified atom stereocenters. The highest BCUT2D eigenvalue weighted by molar-refractivity contribution is 5.79. The summed E-state index contributed by atoms with van der Waals surface area (Å²) in [6.07, 6.45) is 7.00. The Bertz CT molecular complexity index is 691. The van der Waals surface area contributed by atoms with E-state index in [-0.39, 0.29) is 5.91 Å². The molecule has 1 aromatic rings. The van der Waals surface area contributed by atoms with Crippen molar-refractivity contribution in [1.82, 2.24) is 15.5 Å². The number of rotatable bonds is 9. The minimum Gasteiger partial charge on any atom is -0.357 e. The van der Waals surface area contributed by atoms with E-state index in [1.165, 1.54) is 36.8 Å². The largest absolute Gasteiger partial charge is 0.357 e. The molecule has 0 radical (unpaired) electrons. The number of aliphatic imine (C=N–C) groups is 1. The van der Waals surface area contributed by atoms with Crippen LogP contribution in [0.15, 0.2) is 29.3 Å². The van der Waals surface area contributed by atoms with Gasteiger partial charge in [0.15, 0.2) is 5.96 Å². The molecule has 2 aliphatic rings. The van der Waals surface area contributed by atoms with Crippen molar-refractivity contribution in [2.24, 2.45) is 16.3 Å². The maximum atomic E-state index is 11.8. The van der Waals surface area contributed by atoms with Crippen LogP contribution < -0.4 is 10.6 Å². The number of hydrogen-bond donors (Lipinski definition) is 2. The maximum Gasteiger partial charge on any atom is 0.222 e. The monoisotopic (exact) mass is 398 g/mol. The van der Waals surface area contributed by atoms with Crippen molar-refractivity contribution in [3.8, 4) is 0 Å². The molecule has 0 spiro atoms. The van der Waals surface area contributed by atoms with Gasteiger partial charge in [-0.3, -0.25) is 4.79 Å². The number of likely N-dealkylation sites (tertiary alicyclic amines) is 1. The summed E-state index contributed by atoms with van der Waals surface area (Å²) in [7, 11) is 0. The minimum atomic E-state index is 0.279. The van der Waals surface area contributed by atoms with E-state index in [0.717, 1.165) is 44.5 Å². The van der Waals surface area contributed by atoms with E-state index >= 15 is 0 Å². The molecule has 5 nitrogen and oxygen atoms in total. The van der Waals surface area contributed by atoms with E-state index in [1.54, 1.807) is 0 Å². The van der Waals surface area contributed by atoms with Crippen LogP contribution in [0.1, 0.15) is 70.4 Å². The fourth-order valence-electron chi connectivity index (χ4n) is 4.62. The number of guanidine groups is 1. The second-order valence-corrected chi connectivity index (χ2v) is 9.24. The van der Waals surface area contributed by atoms with Crippen molar-refractivity contribution < 1.29 is 4.79 Å². The van der Waals surface area contributed by atoms with Gasteiger partial charge in [0.25, 0.3) is 0 Å². The molecule has 29 heavy (non-hydrogen) atoms. The highest BCUT2D eigenvalue weighted by Gasteiger charge is 2.37. The summed E-state index contributed by atoms with van der Waals surface area (Å²) in [6.45, 7) is 10.9. The van der Waals surface area contributed by atoms with Crippen molar-refractivity contribution >= 4 is 11.9 Å². The molecule has 5 heteroatoms. The molecule has 1 heterocycles. The quantitative estimate of drug-likeness (QED) is 0.487. The molecule has 3 rings (SSSR count). The van der Waals surface area contributed by atoms with Gasteiger partial charge in [-0.05, 0) is 55.1 Å². The van der Waals surface area contributed by atoms with Gasteiger partial charge in [0.05, 0.1) is 6.54 Å². The zero-order valence-electron chi connectivity index (χ0n) is 18.5. The number of amides is 1. The Balaban J connectivity index is 1.53. The summed E-state index contributed by atoms with van der Waals surface area (Å²) >= 11 is 0. The van der Waals surface area contributed by atoms with E-state index in [9.17, 15) is 4.79 Å². The van der Waals surface area contributed by atoms with Gasteiger partial charge >= 0.3 is 0 Å². The van der Waals surface area contributed by atoms with E-state index in [2.05, 4.69) is 55.7 Å². The Hall–Kier alpha value is -2.04. The molecular formula is C24H38N4O. The fourth-order valence-corrected chi connectivity index (χ4v) is 4.62. The van der Waals surface area contributed by atoms with Crippen LogP contribution in [0.2, 0.25) is 0 Å². The summed E-state index contributed by atoms with van der Waals surface area (Å²) in [5.41, 5.74) is 2.84. The van der Waals surface area contributed by atoms with Gasteiger partial charge in [0.2, 0.25) is 5.91 Å². The molecule has 1 aliphatic heterocycles. The normalized spacial score (nSPS) is 18.8. The van der Waals surface area contributed by atoms with Crippen LogP contribution in [-0.2, 0) is 17.9 Å². The zero-order chi connectivity index (χ0) is 20.7. The summed E-state index contributed by atoms with van der Waals surface area (Å²) in [6, 6.07) is 8.52. The van der Waals surface area contributed by atoms with Gasteiger partial charge in [-0.1, -0.05) is 44.5 Å². The van der Waals surface area contributed by atoms with Crippen LogP contribution in [0.5, 0.6) is 0 Å². The molecule has 0 atom stereocenters. The number of hydrogen-bond acceptors (Lipinski definition) is 2. The van der Waals surface area contributed by atoms with Gasteiger partial charge in [0, 0.05) is 32.6 Å². The van der Waals surface area contributed by atoms with Crippen LogP contribution >= 0.6 is 0 Å². The maximum absolute atomic E-state index is 11.8. The Morgan fingerprint density at radius 1 is 1.14 bits per heavy atom. The SMILES string of the molecule is CCNC(=NCc1ccc(CN2CCCC2=O)cc1)NCC1(CC(C)C)CCC1. The third kappa shape index (κ3) is 6.22. The van der Waals surface area contributed by atoms with E-state index in [4.69, 9.17) is 4.99 Å². The first-order valence-corrected chi connectivity index (χ1v) is 11.4. The summed E-state index contributed by atoms with van der Waals surface area (Å²) in [5, 5.41) is 6.98. The van der Waals surface area contributed by atoms with Gasteiger partial charge in [-0.15, -0.1) is 0 Å². The van der Waals surface area contributed by atoms with Crippen molar-refractivity contribution in [3.63, 3.8) is 0 Å². The lowest BCUT2D eigenvalue weighted by Crippen LogP contribution is -2.47. The van der Waals surface area contributed by atoms with Gasteiger partial charge < -0.3 is 15.5 Å². The van der Waals surface area contributed by atoms with Gasteiger partial charge in [0.1, 0.15) is 0 Å². The Morgan fingerprint density at radius 2 is 1.86 bits per heavy atom. The smallest absolute Gasteiger partial charge is 0.222 e. The Morgan fingerprint density at radius 3 is 2.41 bits per heavy atom.